The van der Waals surface area contributed by atoms with Gasteiger partial charge >= 0.3 is 160 Å². The summed E-state index contributed by atoms with van der Waals surface area (Å²) >= 11 is 4.91. The summed E-state index contributed by atoms with van der Waals surface area (Å²) in [6.07, 6.45) is 12.1. The van der Waals surface area contributed by atoms with Crippen LogP contribution in [0.3, 0.4) is 0 Å². The zero-order valence-electron chi connectivity index (χ0n) is 80.4. The fraction of sp³-hybridized carbons (Fsp3) is 0.0945. The molecule has 0 bridgehead atoms. The molecule has 5 nitrogen and oxygen atoms in total. The van der Waals surface area contributed by atoms with Crippen molar-refractivity contribution in [3.05, 3.63) is 538 Å². The predicted molar refractivity (Wildman–Crippen MR) is 635 cm³/mol. The fourth-order valence-corrected chi connectivity index (χ4v) is 45.3. The van der Waals surface area contributed by atoms with Crippen LogP contribution in [0, 0.1) is 0 Å². The standard InChI is InChI=1S/C22H14N2OS.4C18H15P.C15H9BrN2S.C6H5.3C4H9.2ClH.Pd.Sn/c25-22(14-6-2-1-3-7-14)16-10-17-13-23-24-21(17)18(11-16)20-12-15-8-4-5-9-19(15)26-20;4*1-4-10-16(11-5-1)19(17-12-6-2-7-13-17)18-14-8-3-9-15-18;16-11-5-10-8-17-18-15(10)12(7-11)14-6-9-3-1-2-4-13(9)19-14;1-2-4-6-5-3-1;3*1-3-4-2;;;;/h1-13H,(H,23,24);4*1-15H;1-8H,(H,17,18);1-5H;3*1,3-4H2,2H3;2*1H;;/q;;;;;;;;;;;;+2;/p-2. The first-order valence-electron chi connectivity index (χ1n) is 48.5. The summed E-state index contributed by atoms with van der Waals surface area (Å²) in [5.74, 6) is 0.0241. The van der Waals surface area contributed by atoms with Gasteiger partial charge in [-0.2, -0.15) is 10.2 Å². The van der Waals surface area contributed by atoms with Gasteiger partial charge in [0.05, 0.1) is 23.4 Å². The van der Waals surface area contributed by atoms with Crippen molar-refractivity contribution in [3.8, 4) is 20.9 Å². The first kappa shape index (κ1) is 106. The van der Waals surface area contributed by atoms with Crippen LogP contribution in [-0.4, -0.2) is 44.6 Å². The Labute approximate surface area is 885 Å². The van der Waals surface area contributed by atoms with Crippen LogP contribution in [-0.2, 0) is 15.9 Å². The summed E-state index contributed by atoms with van der Waals surface area (Å²) in [5, 5.41) is 35.8. The van der Waals surface area contributed by atoms with Gasteiger partial charge in [-0.05, 0) is 155 Å². The van der Waals surface area contributed by atoms with Gasteiger partial charge in [-0.1, -0.05) is 447 Å². The molecule has 0 saturated carbocycles. The Morgan fingerprint density at radius 2 is 0.517 bits per heavy atom. The Morgan fingerprint density at radius 1 is 0.287 bits per heavy atom. The van der Waals surface area contributed by atoms with E-state index in [-0.39, 0.29) is 21.7 Å². The second-order valence-electron chi connectivity index (χ2n) is 34.0. The van der Waals surface area contributed by atoms with Gasteiger partial charge in [0.15, 0.2) is 5.78 Å². The number of hydrogen-bond donors (Lipinski definition) is 2. The summed E-state index contributed by atoms with van der Waals surface area (Å²) in [6, 6.07) is 180. The minimum absolute atomic E-state index is 0.0241. The van der Waals surface area contributed by atoms with Crippen molar-refractivity contribution >= 4 is 223 Å². The molecule has 22 aromatic rings. The molecule has 18 aromatic carbocycles. The quantitative estimate of drug-likeness (QED) is 0.0322. The molecule has 0 aliphatic carbocycles. The first-order valence-corrected chi connectivity index (χ1v) is 67.8. The molecule has 0 unspecified atom stereocenters. The first-order chi connectivity index (χ1) is 70.6. The second-order valence-corrected chi connectivity index (χ2v) is 61.6. The number of unbranched alkanes of at least 4 members (excludes halogenated alkanes) is 3. The van der Waals surface area contributed by atoms with Gasteiger partial charge in [-0.15, -0.1) is 22.7 Å². The minimum Gasteiger partial charge on any atom is -0.0622 e. The largest absolute Gasteiger partial charge is 0.0622 e. The van der Waals surface area contributed by atoms with Gasteiger partial charge in [0.2, 0.25) is 0 Å². The number of nitrogens with zero attached hydrogens (tertiary/aromatic N) is 2. The predicted octanol–water partition coefficient (Wildman–Crippen LogP) is 31.8. The number of ketones is 1. The van der Waals surface area contributed by atoms with Crippen molar-refractivity contribution in [3.63, 3.8) is 0 Å². The summed E-state index contributed by atoms with van der Waals surface area (Å²) in [7, 11) is 7.84. The molecule has 0 spiro atoms. The van der Waals surface area contributed by atoms with Gasteiger partial charge in [0.1, 0.15) is 0 Å². The summed E-state index contributed by atoms with van der Waals surface area (Å²) in [6.45, 7) is 7.05. The number of halogens is 3. The summed E-state index contributed by atoms with van der Waals surface area (Å²) < 4.78 is 10.2. The SMILES string of the molecule is Brc1cc(-c2cc3ccccc3s2)c2[nH]ncc2c1.CCC[CH2][Sn]([CH2]CCC)([CH2]CCC)[c]1ccccc1.O=C(c1ccccc1)c1cc(-c2cc3ccccc3s2)c2[nH]ncc2c1.[Cl][Pd][Cl].c1ccc(P(c2ccccc2)c2ccccc2)cc1.c1ccc(P(c2ccccc2)c2ccccc2)cc1.c1ccc(P(c2ccccc2)c2ccccc2)cc1.c1ccc(P(c2ccccc2)c2ccccc2)cc1. The van der Waals surface area contributed by atoms with E-state index in [1.807, 2.05) is 72.1 Å². The molecule has 4 heterocycles. The van der Waals surface area contributed by atoms with Crippen LogP contribution in [0.25, 0.3) is 62.9 Å². The molecule has 0 radical (unpaired) electrons. The van der Waals surface area contributed by atoms with E-state index in [4.69, 9.17) is 19.1 Å². The maximum absolute atomic E-state index is 12.9. The molecule has 0 amide bonds. The normalized spacial score (nSPS) is 10.9. The fourth-order valence-electron chi connectivity index (χ4n) is 17.4. The van der Waals surface area contributed by atoms with Crippen LogP contribution in [0.5, 0.6) is 0 Å². The Bertz CT molecular complexity index is 6510. The Balaban J connectivity index is 0.000000125. The monoisotopic (exact) mass is 2270 g/mol. The number of fused-ring (bicyclic) bond motifs is 4. The average molecular weight is 2280 g/mol. The number of H-pyrrole nitrogens is 2. The number of hydrogen-bond acceptors (Lipinski definition) is 5. The molecular formula is C127H115BrCl2N4OP4PdS2Sn. The molecule has 2 N–H and O–H groups in total. The third-order valence-electron chi connectivity index (χ3n) is 24.3. The zero-order chi connectivity index (χ0) is 98.7. The number of aromatic nitrogens is 4. The average Bonchev–Trinajstić information content (AvgIpc) is 1.63. The van der Waals surface area contributed by atoms with E-state index >= 15 is 0 Å². The maximum Gasteiger partial charge on any atom is -0.0134 e. The summed E-state index contributed by atoms with van der Waals surface area (Å²) in [5.41, 5.74) is 5.63. The smallest absolute Gasteiger partial charge is 0.0134 e. The molecule has 0 atom stereocenters. The third kappa shape index (κ3) is 30.2. The Hall–Kier alpha value is -11.3. The molecule has 16 heteroatoms. The van der Waals surface area contributed by atoms with Crippen molar-refractivity contribution in [1.29, 1.82) is 0 Å². The number of carbonyl (C=O) groups excluding carboxylic acids is 1. The summed E-state index contributed by atoms with van der Waals surface area (Å²) in [4.78, 5) is 15.3. The maximum atomic E-state index is 12.9. The zero-order valence-corrected chi connectivity index (χ0v) is 93.1. The van der Waals surface area contributed by atoms with Crippen LogP contribution in [0.15, 0.2) is 526 Å². The number of nitrogens with one attached hydrogen (secondary N) is 2. The molecular weight excluding hydrogens is 2160 g/mol. The van der Waals surface area contributed by atoms with E-state index < -0.39 is 50.1 Å². The number of benzene rings is 18. The van der Waals surface area contributed by atoms with E-state index in [1.54, 1.807) is 34.4 Å². The van der Waals surface area contributed by atoms with Gasteiger partial charge in [0, 0.05) is 56.7 Å². The molecule has 22 rings (SSSR count). The number of thiophene rings is 2. The third-order valence-corrected chi connectivity index (χ3v) is 52.5. The number of aromatic amines is 2. The van der Waals surface area contributed by atoms with E-state index in [2.05, 4.69) is 512 Å². The van der Waals surface area contributed by atoms with Crippen molar-refractivity contribution in [2.75, 3.05) is 0 Å². The van der Waals surface area contributed by atoms with Crippen LogP contribution < -0.4 is 67.2 Å². The van der Waals surface area contributed by atoms with Gasteiger partial charge in [-0.25, -0.2) is 0 Å². The van der Waals surface area contributed by atoms with Crippen LogP contribution in [0.2, 0.25) is 13.3 Å². The number of rotatable bonds is 26. The molecule has 0 aliphatic heterocycles. The van der Waals surface area contributed by atoms with Crippen molar-refractivity contribution in [2.45, 2.75) is 72.6 Å². The van der Waals surface area contributed by atoms with E-state index in [0.717, 1.165) is 36.7 Å². The van der Waals surface area contributed by atoms with Crippen LogP contribution in [0.4, 0.5) is 0 Å². The van der Waals surface area contributed by atoms with Crippen molar-refractivity contribution in [2.24, 2.45) is 0 Å². The topological polar surface area (TPSA) is 74.4 Å². The molecule has 4 aromatic heterocycles. The van der Waals surface area contributed by atoms with Gasteiger partial charge < -0.3 is 0 Å². The molecule has 0 aliphatic rings. The van der Waals surface area contributed by atoms with Crippen molar-refractivity contribution < 1.29 is 20.7 Å². The molecule has 0 fully saturated rings. The molecule has 716 valence electrons. The van der Waals surface area contributed by atoms with Gasteiger partial charge in [-0.3, -0.25) is 15.0 Å². The minimum atomic E-state index is -2.10. The van der Waals surface area contributed by atoms with Gasteiger partial charge in [0.25, 0.3) is 0 Å². The Morgan fingerprint density at radius 3 is 0.776 bits per heavy atom. The number of carbonyl (C=O) groups is 1. The van der Waals surface area contributed by atoms with Crippen LogP contribution in [0.1, 0.15) is 75.2 Å². The van der Waals surface area contributed by atoms with Crippen LogP contribution >= 0.6 is 89.3 Å². The van der Waals surface area contributed by atoms with E-state index in [9.17, 15) is 4.79 Å². The van der Waals surface area contributed by atoms with E-state index in [1.165, 1.54) is 133 Å². The molecule has 143 heavy (non-hydrogen) atoms. The second kappa shape index (κ2) is 57.4. The molecule has 0 saturated heterocycles. The van der Waals surface area contributed by atoms with Crippen molar-refractivity contribution in [1.82, 2.24) is 20.4 Å². The van der Waals surface area contributed by atoms with E-state index in [0.29, 0.717) is 11.1 Å². The Kier molecular flexibility index (Phi) is 42.6.